The van der Waals surface area contributed by atoms with Crippen LogP contribution in [0.2, 0.25) is 0 Å². The molecule has 0 aliphatic rings. The number of methoxy groups -OCH3 is 1. The van der Waals surface area contributed by atoms with E-state index in [1.54, 1.807) is 19.2 Å². The Bertz CT molecular complexity index is 800. The topological polar surface area (TPSA) is 49.9 Å². The molecular formula is C18H24N2O3S. The first kappa shape index (κ1) is 18.3. The van der Waals surface area contributed by atoms with Gasteiger partial charge in [0.05, 0.1) is 7.11 Å². The highest BCUT2D eigenvalue weighted by molar-refractivity contribution is 7.89. The zero-order valence-electron chi connectivity index (χ0n) is 14.8. The van der Waals surface area contributed by atoms with E-state index in [2.05, 4.69) is 0 Å². The lowest BCUT2D eigenvalue weighted by molar-refractivity contribution is 0.397. The molecule has 0 aromatic heterocycles. The minimum atomic E-state index is -3.63. The Morgan fingerprint density at radius 2 is 1.62 bits per heavy atom. The zero-order valence-corrected chi connectivity index (χ0v) is 15.6. The van der Waals surface area contributed by atoms with Crippen LogP contribution in [0, 0.1) is 6.92 Å². The molecule has 0 amide bonds. The van der Waals surface area contributed by atoms with Gasteiger partial charge in [0.1, 0.15) is 10.6 Å². The number of hydrogen-bond donors (Lipinski definition) is 0. The number of sulfonamides is 1. The quantitative estimate of drug-likeness (QED) is 0.805. The van der Waals surface area contributed by atoms with Gasteiger partial charge in [-0.25, -0.2) is 8.42 Å². The van der Waals surface area contributed by atoms with E-state index in [1.807, 2.05) is 56.3 Å². The summed E-state index contributed by atoms with van der Waals surface area (Å²) in [5.41, 5.74) is 2.88. The Morgan fingerprint density at radius 1 is 1.00 bits per heavy atom. The van der Waals surface area contributed by atoms with Crippen LogP contribution in [0.15, 0.2) is 47.4 Å². The molecule has 5 nitrogen and oxygen atoms in total. The number of aryl methyl sites for hydroxylation is 1. The lowest BCUT2D eigenvalue weighted by Crippen LogP contribution is -2.27. The molecule has 0 unspecified atom stereocenters. The molecule has 0 heterocycles. The second-order valence-corrected chi connectivity index (χ2v) is 7.99. The average molecular weight is 348 g/mol. The predicted octanol–water partition coefficient (Wildman–Crippen LogP) is 2.89. The van der Waals surface area contributed by atoms with Crippen LogP contribution in [-0.4, -0.2) is 41.0 Å². The Hall–Kier alpha value is -2.05. The Balaban J connectivity index is 2.28. The number of hydrogen-bond acceptors (Lipinski definition) is 4. The maximum absolute atomic E-state index is 12.9. The molecule has 2 aromatic rings. The van der Waals surface area contributed by atoms with E-state index < -0.39 is 10.0 Å². The Morgan fingerprint density at radius 3 is 2.17 bits per heavy atom. The van der Waals surface area contributed by atoms with Crippen molar-refractivity contribution in [2.75, 3.05) is 33.2 Å². The van der Waals surface area contributed by atoms with E-state index in [0.29, 0.717) is 12.3 Å². The molecule has 0 saturated carbocycles. The highest BCUT2D eigenvalue weighted by Gasteiger charge is 2.25. The maximum Gasteiger partial charge on any atom is 0.246 e. The van der Waals surface area contributed by atoms with Gasteiger partial charge in [-0.2, -0.15) is 4.31 Å². The molecule has 0 radical (unpaired) electrons. The fourth-order valence-electron chi connectivity index (χ4n) is 2.39. The van der Waals surface area contributed by atoms with E-state index in [-0.39, 0.29) is 4.90 Å². The summed E-state index contributed by atoms with van der Waals surface area (Å²) < 4.78 is 32.3. The van der Waals surface area contributed by atoms with E-state index in [4.69, 9.17) is 4.74 Å². The minimum absolute atomic E-state index is 0.192. The zero-order chi connectivity index (χ0) is 17.9. The van der Waals surface area contributed by atoms with E-state index in [0.717, 1.165) is 16.8 Å². The van der Waals surface area contributed by atoms with Crippen LogP contribution in [0.5, 0.6) is 5.75 Å². The van der Waals surface area contributed by atoms with Crippen LogP contribution < -0.4 is 9.64 Å². The van der Waals surface area contributed by atoms with E-state index in [1.165, 1.54) is 11.4 Å². The average Bonchev–Trinajstić information content (AvgIpc) is 2.55. The largest absolute Gasteiger partial charge is 0.495 e. The van der Waals surface area contributed by atoms with Crippen LogP contribution in [0.25, 0.3) is 0 Å². The summed E-state index contributed by atoms with van der Waals surface area (Å²) in [5, 5.41) is 0. The second kappa shape index (κ2) is 7.23. The van der Waals surface area contributed by atoms with Crippen molar-refractivity contribution in [3.05, 3.63) is 53.6 Å². The molecule has 130 valence electrons. The van der Waals surface area contributed by atoms with Gasteiger partial charge in [-0.05, 0) is 42.3 Å². The van der Waals surface area contributed by atoms with Gasteiger partial charge in [0.15, 0.2) is 0 Å². The summed E-state index contributed by atoms with van der Waals surface area (Å²) in [4.78, 5) is 2.19. The molecule has 0 bridgehead atoms. The summed E-state index contributed by atoms with van der Waals surface area (Å²) >= 11 is 0. The summed E-state index contributed by atoms with van der Waals surface area (Å²) in [6.07, 6.45) is 0. The van der Waals surface area contributed by atoms with Crippen LogP contribution in [0.4, 0.5) is 5.69 Å². The van der Waals surface area contributed by atoms with Crippen molar-refractivity contribution in [3.8, 4) is 5.75 Å². The lowest BCUT2D eigenvalue weighted by atomic mass is 10.2. The lowest BCUT2D eigenvalue weighted by Gasteiger charge is -2.20. The molecule has 0 spiro atoms. The van der Waals surface area contributed by atoms with Gasteiger partial charge in [-0.1, -0.05) is 18.2 Å². The molecule has 24 heavy (non-hydrogen) atoms. The third-order valence-corrected chi connectivity index (χ3v) is 5.69. The number of rotatable bonds is 6. The molecule has 6 heteroatoms. The smallest absolute Gasteiger partial charge is 0.246 e. The maximum atomic E-state index is 12.9. The van der Waals surface area contributed by atoms with Crippen LogP contribution in [0.3, 0.4) is 0 Å². The fourth-order valence-corrected chi connectivity index (χ4v) is 3.79. The normalized spacial score (nSPS) is 11.6. The number of nitrogens with zero attached hydrogens (tertiary/aromatic N) is 2. The first-order valence-corrected chi connectivity index (χ1v) is 9.07. The van der Waals surface area contributed by atoms with Crippen molar-refractivity contribution in [1.29, 1.82) is 0 Å². The molecule has 0 saturated heterocycles. The first-order chi connectivity index (χ1) is 11.3. The fraction of sp³-hybridized carbons (Fsp3) is 0.333. The van der Waals surface area contributed by atoms with E-state index >= 15 is 0 Å². The SMILES string of the molecule is COc1ccc(C)cc1S(=O)(=O)N(C)Cc1ccc(N(C)C)cc1. The first-order valence-electron chi connectivity index (χ1n) is 7.63. The number of benzene rings is 2. The van der Waals surface area contributed by atoms with Crippen molar-refractivity contribution in [3.63, 3.8) is 0 Å². The van der Waals surface area contributed by atoms with Crippen LogP contribution in [0.1, 0.15) is 11.1 Å². The van der Waals surface area contributed by atoms with Gasteiger partial charge < -0.3 is 9.64 Å². The van der Waals surface area contributed by atoms with Crippen molar-refractivity contribution in [1.82, 2.24) is 4.31 Å². The van der Waals surface area contributed by atoms with Crippen molar-refractivity contribution < 1.29 is 13.2 Å². The highest BCUT2D eigenvalue weighted by atomic mass is 32.2. The van der Waals surface area contributed by atoms with Crippen molar-refractivity contribution >= 4 is 15.7 Å². The van der Waals surface area contributed by atoms with E-state index in [9.17, 15) is 8.42 Å². The molecule has 2 rings (SSSR count). The van der Waals surface area contributed by atoms with Gasteiger partial charge in [-0.3, -0.25) is 0 Å². The van der Waals surface area contributed by atoms with Gasteiger partial charge in [0.2, 0.25) is 10.0 Å². The molecule has 0 aliphatic carbocycles. The molecule has 0 atom stereocenters. The third kappa shape index (κ3) is 3.88. The summed E-state index contributed by atoms with van der Waals surface area (Å²) in [5.74, 6) is 0.357. The standard InChI is InChI=1S/C18H24N2O3S/c1-14-6-11-17(23-5)18(12-14)24(21,22)20(4)13-15-7-9-16(10-8-15)19(2)3/h6-12H,13H2,1-5H3. The highest BCUT2D eigenvalue weighted by Crippen LogP contribution is 2.28. The van der Waals surface area contributed by atoms with Crippen molar-refractivity contribution in [2.45, 2.75) is 18.4 Å². The second-order valence-electron chi connectivity index (χ2n) is 5.98. The third-order valence-electron chi connectivity index (χ3n) is 3.87. The number of ether oxygens (including phenoxy) is 1. The number of anilines is 1. The minimum Gasteiger partial charge on any atom is -0.495 e. The molecule has 0 fully saturated rings. The molecule has 0 aliphatic heterocycles. The summed E-state index contributed by atoms with van der Waals surface area (Å²) in [7, 11) is 3.36. The predicted molar refractivity (Wildman–Crippen MR) is 97.2 cm³/mol. The molecular weight excluding hydrogens is 324 g/mol. The van der Waals surface area contributed by atoms with Crippen molar-refractivity contribution in [2.24, 2.45) is 0 Å². The Kier molecular flexibility index (Phi) is 5.51. The summed E-state index contributed by atoms with van der Waals surface area (Å²) in [6, 6.07) is 13.0. The monoisotopic (exact) mass is 348 g/mol. The van der Waals surface area contributed by atoms with Gasteiger partial charge >= 0.3 is 0 Å². The Labute approximate surface area is 144 Å². The molecule has 0 N–H and O–H groups in total. The summed E-state index contributed by atoms with van der Waals surface area (Å²) in [6.45, 7) is 2.16. The van der Waals surface area contributed by atoms with Gasteiger partial charge in [0.25, 0.3) is 0 Å². The molecule has 2 aromatic carbocycles. The van der Waals surface area contributed by atoms with Crippen LogP contribution >= 0.6 is 0 Å². The van der Waals surface area contributed by atoms with Gasteiger partial charge in [-0.15, -0.1) is 0 Å². The van der Waals surface area contributed by atoms with Crippen LogP contribution in [-0.2, 0) is 16.6 Å². The van der Waals surface area contributed by atoms with Gasteiger partial charge in [0, 0.05) is 33.4 Å².